The van der Waals surface area contributed by atoms with E-state index in [9.17, 15) is 9.59 Å². The number of benzene rings is 1. The van der Waals surface area contributed by atoms with Gasteiger partial charge in [-0.05, 0) is 18.2 Å². The van der Waals surface area contributed by atoms with Crippen LogP contribution in [0.2, 0.25) is 0 Å². The van der Waals surface area contributed by atoms with Crippen LogP contribution < -0.4 is 9.54 Å². The Bertz CT molecular complexity index is 745. The highest BCUT2D eigenvalue weighted by molar-refractivity contribution is 7.16. The first kappa shape index (κ1) is 15.2. The molecule has 112 valence electrons. The first-order valence-corrected chi connectivity index (χ1v) is 7.22. The number of esters is 1. The van der Waals surface area contributed by atoms with E-state index in [1.165, 1.54) is 18.4 Å². The summed E-state index contributed by atoms with van der Waals surface area (Å²) in [7, 11) is 2.91. The topological polar surface area (TPSA) is 69.9 Å². The molecule has 2 aromatic rings. The smallest absolute Gasteiger partial charge is 0.325 e. The Balaban J connectivity index is 2.64. The number of methoxy groups -OCH3 is 2. The monoisotopic (exact) mass is 308 g/mol. The summed E-state index contributed by atoms with van der Waals surface area (Å²) in [5.74, 6) is 0.0883. The second kappa shape index (κ2) is 6.53. The Morgan fingerprint density at radius 3 is 2.71 bits per heavy atom. The quantitative estimate of drug-likeness (QED) is 0.806. The zero-order valence-corrected chi connectivity index (χ0v) is 12.9. The van der Waals surface area contributed by atoms with Crippen molar-refractivity contribution in [1.82, 2.24) is 4.57 Å². The van der Waals surface area contributed by atoms with E-state index in [0.717, 1.165) is 10.2 Å². The molecule has 0 radical (unpaired) electrons. The third kappa shape index (κ3) is 3.30. The van der Waals surface area contributed by atoms with Gasteiger partial charge in [0.25, 0.3) is 0 Å². The van der Waals surface area contributed by atoms with Gasteiger partial charge in [0.15, 0.2) is 4.80 Å². The van der Waals surface area contributed by atoms with Gasteiger partial charge in [0.05, 0.1) is 24.4 Å². The average molecular weight is 308 g/mol. The highest BCUT2D eigenvalue weighted by Gasteiger charge is 2.12. The molecule has 1 aromatic heterocycles. The molecule has 1 amide bonds. The van der Waals surface area contributed by atoms with Gasteiger partial charge in [0.2, 0.25) is 5.91 Å². The Labute approximate surface area is 125 Å². The molecule has 6 nitrogen and oxygen atoms in total. The number of hydrogen-bond acceptors (Lipinski definition) is 5. The number of nitrogens with zero attached hydrogens (tertiary/aromatic N) is 2. The van der Waals surface area contributed by atoms with Crippen molar-refractivity contribution < 1.29 is 19.1 Å². The lowest BCUT2D eigenvalue weighted by molar-refractivity contribution is -0.141. The van der Waals surface area contributed by atoms with Crippen LogP contribution in [0.5, 0.6) is 5.75 Å². The van der Waals surface area contributed by atoms with Crippen molar-refractivity contribution in [2.45, 2.75) is 19.9 Å². The van der Waals surface area contributed by atoms with Crippen LogP contribution in [0.25, 0.3) is 10.2 Å². The van der Waals surface area contributed by atoms with E-state index in [1.54, 1.807) is 24.7 Å². The lowest BCUT2D eigenvalue weighted by Gasteiger charge is -2.04. The standard InChI is InChI=1S/C14H16N2O4S/c1-4-12(17)15-14-16(8-13(18)20-3)10-6-5-9(19-2)7-11(10)21-14/h5-7H,4,8H2,1-3H3. The normalized spacial score (nSPS) is 11.7. The minimum absolute atomic E-state index is 0.0126. The summed E-state index contributed by atoms with van der Waals surface area (Å²) in [5.41, 5.74) is 0.814. The minimum Gasteiger partial charge on any atom is -0.497 e. The summed E-state index contributed by atoms with van der Waals surface area (Å²) in [5, 5.41) is 0. The van der Waals surface area contributed by atoms with E-state index in [0.29, 0.717) is 17.0 Å². The Morgan fingerprint density at radius 1 is 1.33 bits per heavy atom. The molecule has 0 fully saturated rings. The van der Waals surface area contributed by atoms with Crippen molar-refractivity contribution in [1.29, 1.82) is 0 Å². The van der Waals surface area contributed by atoms with Gasteiger partial charge in [0, 0.05) is 6.42 Å². The third-order valence-corrected chi connectivity index (χ3v) is 3.97. The molecular weight excluding hydrogens is 292 g/mol. The van der Waals surface area contributed by atoms with Crippen LogP contribution in [-0.2, 0) is 20.9 Å². The number of rotatable bonds is 4. The highest BCUT2D eigenvalue weighted by Crippen LogP contribution is 2.23. The molecule has 0 aliphatic rings. The molecule has 0 N–H and O–H groups in total. The van der Waals surface area contributed by atoms with Gasteiger partial charge >= 0.3 is 5.97 Å². The molecule has 0 spiro atoms. The Morgan fingerprint density at radius 2 is 2.10 bits per heavy atom. The zero-order chi connectivity index (χ0) is 15.4. The fourth-order valence-electron chi connectivity index (χ4n) is 1.80. The zero-order valence-electron chi connectivity index (χ0n) is 12.1. The van der Waals surface area contributed by atoms with Crippen molar-refractivity contribution in [3.63, 3.8) is 0 Å². The van der Waals surface area contributed by atoms with Crippen LogP contribution in [0.1, 0.15) is 13.3 Å². The summed E-state index contributed by atoms with van der Waals surface area (Å²) in [4.78, 5) is 27.7. The summed E-state index contributed by atoms with van der Waals surface area (Å²) in [6.07, 6.45) is 0.315. The van der Waals surface area contributed by atoms with Gasteiger partial charge in [0.1, 0.15) is 12.3 Å². The summed E-state index contributed by atoms with van der Waals surface area (Å²) < 4.78 is 12.5. The SMILES string of the molecule is CCC(=O)N=c1sc2cc(OC)ccc2n1CC(=O)OC. The fourth-order valence-corrected chi connectivity index (χ4v) is 2.87. The lowest BCUT2D eigenvalue weighted by Crippen LogP contribution is -2.22. The molecule has 21 heavy (non-hydrogen) atoms. The van der Waals surface area contributed by atoms with E-state index in [4.69, 9.17) is 9.47 Å². The molecule has 0 aliphatic carbocycles. The number of carbonyl (C=O) groups is 2. The van der Waals surface area contributed by atoms with Crippen LogP contribution in [0, 0.1) is 0 Å². The predicted octanol–water partition coefficient (Wildman–Crippen LogP) is 1.72. The predicted molar refractivity (Wildman–Crippen MR) is 79.2 cm³/mol. The van der Waals surface area contributed by atoms with Crippen molar-refractivity contribution in [2.24, 2.45) is 4.99 Å². The van der Waals surface area contributed by atoms with E-state index in [1.807, 2.05) is 12.1 Å². The van der Waals surface area contributed by atoms with Crippen LogP contribution in [0.4, 0.5) is 0 Å². The molecule has 0 bridgehead atoms. The average Bonchev–Trinajstić information content (AvgIpc) is 2.83. The van der Waals surface area contributed by atoms with E-state index >= 15 is 0 Å². The molecule has 1 heterocycles. The van der Waals surface area contributed by atoms with Crippen molar-refractivity contribution in [3.8, 4) is 5.75 Å². The van der Waals surface area contributed by atoms with Gasteiger partial charge in [-0.3, -0.25) is 9.59 Å². The first-order valence-electron chi connectivity index (χ1n) is 6.40. The molecule has 0 saturated carbocycles. The van der Waals surface area contributed by atoms with Crippen LogP contribution >= 0.6 is 11.3 Å². The second-order valence-corrected chi connectivity index (χ2v) is 5.25. The molecule has 7 heteroatoms. The van der Waals surface area contributed by atoms with Gasteiger partial charge in [-0.25, -0.2) is 0 Å². The number of hydrogen-bond donors (Lipinski definition) is 0. The molecule has 0 unspecified atom stereocenters. The molecule has 1 aromatic carbocycles. The highest BCUT2D eigenvalue weighted by atomic mass is 32.1. The summed E-state index contributed by atoms with van der Waals surface area (Å²) in [6, 6.07) is 5.49. The molecular formula is C14H16N2O4S. The van der Waals surface area contributed by atoms with Gasteiger partial charge in [-0.15, -0.1) is 0 Å². The first-order chi connectivity index (χ1) is 10.1. The maximum Gasteiger partial charge on any atom is 0.325 e. The summed E-state index contributed by atoms with van der Waals surface area (Å²) >= 11 is 1.34. The fraction of sp³-hybridized carbons (Fsp3) is 0.357. The number of thiazole rings is 1. The maximum atomic E-state index is 11.6. The van der Waals surface area contributed by atoms with Gasteiger partial charge < -0.3 is 14.0 Å². The van der Waals surface area contributed by atoms with Crippen molar-refractivity contribution in [2.75, 3.05) is 14.2 Å². The molecule has 0 saturated heterocycles. The Hall–Kier alpha value is -2.15. The maximum absolute atomic E-state index is 11.6. The summed E-state index contributed by atoms with van der Waals surface area (Å²) in [6.45, 7) is 1.76. The number of carbonyl (C=O) groups excluding carboxylic acids is 2. The van der Waals surface area contributed by atoms with Gasteiger partial charge in [-0.2, -0.15) is 4.99 Å². The van der Waals surface area contributed by atoms with Gasteiger partial charge in [-0.1, -0.05) is 18.3 Å². The second-order valence-electron chi connectivity index (χ2n) is 4.24. The number of ether oxygens (including phenoxy) is 2. The van der Waals surface area contributed by atoms with Crippen LogP contribution in [0.15, 0.2) is 23.2 Å². The van der Waals surface area contributed by atoms with Crippen LogP contribution in [0.3, 0.4) is 0 Å². The van der Waals surface area contributed by atoms with E-state index < -0.39 is 5.97 Å². The molecule has 0 aliphatic heterocycles. The molecule has 2 rings (SSSR count). The van der Waals surface area contributed by atoms with Crippen molar-refractivity contribution >= 4 is 33.4 Å². The number of fused-ring (bicyclic) bond motifs is 1. The largest absolute Gasteiger partial charge is 0.497 e. The number of amides is 1. The third-order valence-electron chi connectivity index (χ3n) is 2.93. The van der Waals surface area contributed by atoms with E-state index in [2.05, 4.69) is 4.99 Å². The number of aromatic nitrogens is 1. The lowest BCUT2D eigenvalue weighted by atomic mass is 10.3. The van der Waals surface area contributed by atoms with Crippen LogP contribution in [-0.4, -0.2) is 30.7 Å². The minimum atomic E-state index is -0.393. The van der Waals surface area contributed by atoms with Crippen molar-refractivity contribution in [3.05, 3.63) is 23.0 Å². The Kier molecular flexibility index (Phi) is 4.74. The van der Waals surface area contributed by atoms with E-state index in [-0.39, 0.29) is 12.5 Å². The molecule has 0 atom stereocenters.